The number of nitrogens with zero attached hydrogens (tertiary/aromatic N) is 2. The fraction of sp³-hybridized carbons (Fsp3) is 0.225. The number of amides is 4. The van der Waals surface area contributed by atoms with E-state index in [0.29, 0.717) is 27.4 Å². The van der Waals surface area contributed by atoms with E-state index >= 15 is 4.79 Å². The summed E-state index contributed by atoms with van der Waals surface area (Å²) in [4.78, 5) is 72.4. The third-order valence-corrected chi connectivity index (χ3v) is 11.4. The number of fused-ring (bicyclic) bond motifs is 4. The van der Waals surface area contributed by atoms with Crippen LogP contribution in [0.5, 0.6) is 17.2 Å². The molecular formula is C40H31ClN2O9. The maximum Gasteiger partial charge on any atom is 0.339 e. The van der Waals surface area contributed by atoms with Gasteiger partial charge in [-0.15, -0.1) is 0 Å². The molecule has 2 aliphatic heterocycles. The average Bonchev–Trinajstić information content (AvgIpc) is 3.52. The van der Waals surface area contributed by atoms with E-state index in [-0.39, 0.29) is 35.6 Å². The smallest absolute Gasteiger partial charge is 0.339 e. The number of halogens is 1. The summed E-state index contributed by atoms with van der Waals surface area (Å²) in [6.45, 7) is 0. The highest BCUT2D eigenvalue weighted by Crippen LogP contribution is 2.65. The first-order valence-corrected chi connectivity index (χ1v) is 17.1. The number of hydrogen-bond acceptors (Lipinski definition) is 8. The minimum absolute atomic E-state index is 0.0296. The van der Waals surface area contributed by atoms with Crippen molar-refractivity contribution in [1.82, 2.24) is 0 Å². The molecule has 0 radical (unpaired) electrons. The number of rotatable bonds is 6. The van der Waals surface area contributed by atoms with Crippen LogP contribution < -0.4 is 14.5 Å². The van der Waals surface area contributed by atoms with Gasteiger partial charge in [0.2, 0.25) is 23.6 Å². The Morgan fingerprint density at radius 2 is 1.56 bits per heavy atom. The Hall–Kier alpha value is -5.94. The van der Waals surface area contributed by atoms with Gasteiger partial charge in [0.15, 0.2) is 11.5 Å². The Balaban J connectivity index is 1.33. The van der Waals surface area contributed by atoms with E-state index in [1.807, 2.05) is 24.3 Å². The molecule has 262 valence electrons. The van der Waals surface area contributed by atoms with Crippen molar-refractivity contribution in [3.05, 3.63) is 124 Å². The van der Waals surface area contributed by atoms with Gasteiger partial charge in [0.05, 0.1) is 41.7 Å². The lowest BCUT2D eigenvalue weighted by Gasteiger charge is -2.50. The number of carboxylic acids is 1. The molecule has 6 atom stereocenters. The van der Waals surface area contributed by atoms with Crippen molar-refractivity contribution in [3.63, 3.8) is 0 Å². The van der Waals surface area contributed by atoms with Gasteiger partial charge in [0.1, 0.15) is 11.3 Å². The average molecular weight is 719 g/mol. The molecule has 2 heterocycles. The van der Waals surface area contributed by atoms with Crippen LogP contribution in [0.3, 0.4) is 0 Å². The minimum atomic E-state index is -1.51. The number of imide groups is 2. The maximum absolute atomic E-state index is 15.3. The number of allylic oxidation sites excluding steroid dienone is 2. The van der Waals surface area contributed by atoms with Crippen LogP contribution in [-0.2, 0) is 24.6 Å². The zero-order valence-electron chi connectivity index (χ0n) is 27.6. The normalized spacial score (nSPS) is 26.5. The molecule has 0 spiro atoms. The van der Waals surface area contributed by atoms with Crippen LogP contribution in [0.1, 0.15) is 40.2 Å². The van der Waals surface area contributed by atoms with Crippen LogP contribution in [0.15, 0.2) is 103 Å². The first-order valence-electron chi connectivity index (χ1n) is 16.7. The van der Waals surface area contributed by atoms with Crippen LogP contribution in [0.4, 0.5) is 11.4 Å². The van der Waals surface area contributed by atoms with E-state index in [2.05, 4.69) is 0 Å². The predicted molar refractivity (Wildman–Crippen MR) is 188 cm³/mol. The number of carboxylic acid groups (broad SMARTS) is 1. The number of ether oxygens (including phenoxy) is 1. The van der Waals surface area contributed by atoms with Crippen molar-refractivity contribution in [2.24, 2.45) is 23.7 Å². The third kappa shape index (κ3) is 4.61. The van der Waals surface area contributed by atoms with E-state index in [4.69, 9.17) is 16.3 Å². The van der Waals surface area contributed by atoms with Gasteiger partial charge < -0.3 is 20.1 Å². The number of carbonyl (C=O) groups is 5. The Bertz CT molecular complexity index is 2250. The molecule has 8 rings (SSSR count). The van der Waals surface area contributed by atoms with Crippen molar-refractivity contribution < 1.29 is 44.0 Å². The number of hydrogen-bond donors (Lipinski definition) is 3. The van der Waals surface area contributed by atoms with E-state index in [0.717, 1.165) is 17.0 Å². The highest BCUT2D eigenvalue weighted by Gasteiger charge is 2.70. The third-order valence-electron chi connectivity index (χ3n) is 11.2. The van der Waals surface area contributed by atoms with Gasteiger partial charge in [-0.05, 0) is 72.4 Å². The molecule has 12 heteroatoms. The molecular weight excluding hydrogens is 688 g/mol. The van der Waals surface area contributed by atoms with Gasteiger partial charge in [0, 0.05) is 17.0 Å². The number of phenolic OH excluding ortho intramolecular Hbond substituents is 1. The monoisotopic (exact) mass is 718 g/mol. The molecule has 2 saturated heterocycles. The highest BCUT2D eigenvalue weighted by molar-refractivity contribution is 6.32. The molecule has 4 aliphatic rings. The van der Waals surface area contributed by atoms with Gasteiger partial charge in [-0.1, -0.05) is 65.7 Å². The minimum Gasteiger partial charge on any atom is -0.507 e. The Morgan fingerprint density at radius 1 is 0.808 bits per heavy atom. The Kier molecular flexibility index (Phi) is 7.72. The molecule has 3 fully saturated rings. The topological polar surface area (TPSA) is 162 Å². The SMILES string of the molecule is COc1cc(C2C3=CCC4C(=O)N(c5ccc(C(=O)O)c(O)c5)C(=O)C4C3CC3C(=O)N(c4cccc(Cl)c4)C(=O)C32c2ccccc2)ccc1O. The van der Waals surface area contributed by atoms with Gasteiger partial charge >= 0.3 is 5.97 Å². The summed E-state index contributed by atoms with van der Waals surface area (Å²) in [5.74, 6) is -8.18. The second-order valence-corrected chi connectivity index (χ2v) is 14.0. The fourth-order valence-electron chi connectivity index (χ4n) is 9.09. The Labute approximate surface area is 302 Å². The quantitative estimate of drug-likeness (QED) is 0.165. The van der Waals surface area contributed by atoms with Crippen molar-refractivity contribution in [2.45, 2.75) is 24.2 Å². The van der Waals surface area contributed by atoms with Gasteiger partial charge in [-0.2, -0.15) is 0 Å². The van der Waals surface area contributed by atoms with Gasteiger partial charge in [-0.25, -0.2) is 14.6 Å². The van der Waals surface area contributed by atoms with Crippen LogP contribution in [0.2, 0.25) is 5.02 Å². The molecule has 52 heavy (non-hydrogen) atoms. The second-order valence-electron chi connectivity index (χ2n) is 13.5. The van der Waals surface area contributed by atoms with Crippen molar-refractivity contribution in [2.75, 3.05) is 16.9 Å². The first kappa shape index (κ1) is 33.2. The lowest BCUT2D eigenvalue weighted by molar-refractivity contribution is -0.127. The van der Waals surface area contributed by atoms with E-state index in [9.17, 15) is 34.5 Å². The maximum atomic E-state index is 15.3. The second kappa shape index (κ2) is 12.1. The van der Waals surface area contributed by atoms with E-state index in [1.54, 1.807) is 48.5 Å². The molecule has 1 saturated carbocycles. The molecule has 0 bridgehead atoms. The van der Waals surface area contributed by atoms with E-state index < -0.39 is 70.4 Å². The van der Waals surface area contributed by atoms with Gasteiger partial charge in [-0.3, -0.25) is 19.2 Å². The van der Waals surface area contributed by atoms with Crippen LogP contribution in [0, 0.1) is 23.7 Å². The van der Waals surface area contributed by atoms with Crippen molar-refractivity contribution in [3.8, 4) is 17.2 Å². The van der Waals surface area contributed by atoms with Crippen molar-refractivity contribution in [1.29, 1.82) is 0 Å². The number of anilines is 2. The van der Waals surface area contributed by atoms with Gasteiger partial charge in [0.25, 0.3) is 0 Å². The summed E-state index contributed by atoms with van der Waals surface area (Å²) in [7, 11) is 1.41. The molecule has 0 aromatic heterocycles. The molecule has 11 nitrogen and oxygen atoms in total. The summed E-state index contributed by atoms with van der Waals surface area (Å²) in [5.41, 5.74) is 0.293. The van der Waals surface area contributed by atoms with Crippen LogP contribution in [-0.4, -0.2) is 52.0 Å². The summed E-state index contributed by atoms with van der Waals surface area (Å²) in [5, 5.41) is 30.8. The molecule has 6 unspecified atom stereocenters. The number of benzene rings is 4. The summed E-state index contributed by atoms with van der Waals surface area (Å²) in [6.07, 6.45) is 2.11. The standard InChI is InChI=1S/C40H31ClN2O9/c1-52-32-16-20(10-15-30(32)44)34-25-13-14-27-33(37(48)42(35(27)46)24-11-12-26(38(49)50)31(45)18-24)28(25)19-29-36(47)43(23-9-5-8-22(41)17-23)39(51)40(29,34)21-6-3-2-4-7-21/h2-13,15-18,27-29,33-34,44-45H,14,19H2,1H3,(H,49,50). The van der Waals surface area contributed by atoms with Crippen LogP contribution >= 0.6 is 11.6 Å². The molecule has 4 amide bonds. The number of methoxy groups -OCH3 is 1. The number of aromatic hydroxyl groups is 2. The fourth-order valence-corrected chi connectivity index (χ4v) is 9.27. The molecule has 3 N–H and O–H groups in total. The Morgan fingerprint density at radius 3 is 2.25 bits per heavy atom. The summed E-state index contributed by atoms with van der Waals surface area (Å²) in [6, 6.07) is 23.8. The zero-order valence-corrected chi connectivity index (χ0v) is 28.4. The number of aromatic carboxylic acids is 1. The lowest BCUT2D eigenvalue weighted by Crippen LogP contribution is -2.53. The van der Waals surface area contributed by atoms with Crippen LogP contribution in [0.25, 0.3) is 0 Å². The first-order chi connectivity index (χ1) is 25.0. The summed E-state index contributed by atoms with van der Waals surface area (Å²) >= 11 is 6.37. The van der Waals surface area contributed by atoms with Crippen molar-refractivity contribution >= 4 is 52.6 Å². The number of phenols is 2. The predicted octanol–water partition coefficient (Wildman–Crippen LogP) is 5.83. The largest absolute Gasteiger partial charge is 0.507 e. The van der Waals surface area contributed by atoms with E-state index in [1.165, 1.54) is 24.1 Å². The number of carbonyl (C=O) groups excluding carboxylic acids is 4. The highest BCUT2D eigenvalue weighted by atomic mass is 35.5. The lowest BCUT2D eigenvalue weighted by atomic mass is 9.49. The molecule has 4 aromatic carbocycles. The molecule has 2 aliphatic carbocycles. The summed E-state index contributed by atoms with van der Waals surface area (Å²) < 4.78 is 5.50. The zero-order chi connectivity index (χ0) is 36.6. The molecule has 4 aromatic rings.